The summed E-state index contributed by atoms with van der Waals surface area (Å²) in [5, 5.41) is 2.97. The molecule has 0 saturated carbocycles. The molecule has 3 rings (SSSR count). The van der Waals surface area contributed by atoms with Gasteiger partial charge in [-0.3, -0.25) is 23.2 Å². The number of phosphoric ester groups is 1. The van der Waals surface area contributed by atoms with Crippen LogP contribution < -0.4 is 5.32 Å². The number of nitrogens with zero attached hydrogens (tertiary/aromatic N) is 2. The number of hydrogen-bond acceptors (Lipinski definition) is 8. The Bertz CT molecular complexity index is 676. The van der Waals surface area contributed by atoms with E-state index >= 15 is 0 Å². The third kappa shape index (κ3) is 6.30. The van der Waals surface area contributed by atoms with E-state index in [1.807, 2.05) is 4.90 Å². The fraction of sp³-hybridized carbons (Fsp3) is 0.905. The fourth-order valence-corrected chi connectivity index (χ4v) is 5.93. The first-order chi connectivity index (χ1) is 15.4. The van der Waals surface area contributed by atoms with Gasteiger partial charge in [-0.05, 0) is 46.6 Å². The van der Waals surface area contributed by atoms with Crippen LogP contribution in [-0.2, 0) is 32.5 Å². The van der Waals surface area contributed by atoms with Gasteiger partial charge in [0.05, 0.1) is 43.9 Å². The molecular formula is C21H38N3O7P. The lowest BCUT2D eigenvalue weighted by molar-refractivity contribution is -0.143. The van der Waals surface area contributed by atoms with E-state index in [9.17, 15) is 14.2 Å². The van der Waals surface area contributed by atoms with Gasteiger partial charge in [-0.1, -0.05) is 0 Å². The van der Waals surface area contributed by atoms with Crippen molar-refractivity contribution in [1.82, 2.24) is 15.1 Å². The van der Waals surface area contributed by atoms with Crippen molar-refractivity contribution in [3.05, 3.63) is 0 Å². The highest BCUT2D eigenvalue weighted by Gasteiger charge is 2.56. The summed E-state index contributed by atoms with van der Waals surface area (Å²) in [5.74, 6) is -0.863. The molecule has 184 valence electrons. The van der Waals surface area contributed by atoms with Crippen molar-refractivity contribution in [3.8, 4) is 0 Å². The second-order valence-electron chi connectivity index (χ2n) is 8.58. The average Bonchev–Trinajstić information content (AvgIpc) is 3.38. The molecule has 3 saturated heterocycles. The molecule has 2 amide bonds. The Morgan fingerprint density at radius 3 is 2.22 bits per heavy atom. The number of piperazine rings is 1. The van der Waals surface area contributed by atoms with E-state index in [2.05, 4.69) is 17.3 Å². The average molecular weight is 476 g/mol. The molecule has 3 aliphatic heterocycles. The summed E-state index contributed by atoms with van der Waals surface area (Å²) in [6.45, 7) is 7.72. The van der Waals surface area contributed by atoms with Gasteiger partial charge in [-0.15, -0.1) is 0 Å². The molecule has 0 aliphatic carbocycles. The Morgan fingerprint density at radius 2 is 1.59 bits per heavy atom. The molecule has 1 N–H and O–H groups in total. The standard InChI is InChI=1S/C21H38N3O7P/c1-4-28-32(27,29-5-2)30-15-7-6-10-22-20(25)18-16-8-9-17(31-16)19(18)21(26)24-13-11-23(3)12-14-24/h16-19H,4-15H2,1-3H3,(H,22,25). The van der Waals surface area contributed by atoms with Crippen LogP contribution in [-0.4, -0.2) is 93.4 Å². The normalized spacial score (nSPS) is 28.3. The van der Waals surface area contributed by atoms with Gasteiger partial charge in [-0.2, -0.15) is 0 Å². The molecule has 10 nitrogen and oxygen atoms in total. The van der Waals surface area contributed by atoms with Gasteiger partial charge in [0.2, 0.25) is 11.8 Å². The van der Waals surface area contributed by atoms with Gasteiger partial charge in [0.1, 0.15) is 0 Å². The molecule has 0 aromatic carbocycles. The van der Waals surface area contributed by atoms with Crippen LogP contribution in [0, 0.1) is 11.8 Å². The summed E-state index contributed by atoms with van der Waals surface area (Å²) >= 11 is 0. The molecule has 2 bridgehead atoms. The Labute approximate surface area is 190 Å². The minimum Gasteiger partial charge on any atom is -0.373 e. The molecule has 4 atom stereocenters. The van der Waals surface area contributed by atoms with Crippen molar-refractivity contribution in [1.29, 1.82) is 0 Å². The summed E-state index contributed by atoms with van der Waals surface area (Å²) in [6, 6.07) is 0. The Balaban J connectivity index is 1.43. The Morgan fingerprint density at radius 1 is 0.969 bits per heavy atom. The van der Waals surface area contributed by atoms with Gasteiger partial charge < -0.3 is 19.9 Å². The number of ether oxygens (including phenoxy) is 1. The predicted octanol–water partition coefficient (Wildman–Crippen LogP) is 1.65. The number of phosphoric acid groups is 1. The zero-order valence-electron chi connectivity index (χ0n) is 19.5. The molecule has 0 aromatic rings. The highest BCUT2D eigenvalue weighted by Crippen LogP contribution is 2.49. The van der Waals surface area contributed by atoms with Crippen molar-refractivity contribution in [2.24, 2.45) is 11.8 Å². The van der Waals surface area contributed by atoms with Crippen LogP contribution in [0.3, 0.4) is 0 Å². The first kappa shape index (κ1) is 25.6. The fourth-order valence-electron chi connectivity index (χ4n) is 4.72. The van der Waals surface area contributed by atoms with E-state index in [4.69, 9.17) is 18.3 Å². The zero-order valence-corrected chi connectivity index (χ0v) is 20.4. The lowest BCUT2D eigenvalue weighted by atomic mass is 9.77. The second kappa shape index (κ2) is 11.9. The molecular weight excluding hydrogens is 437 g/mol. The first-order valence-corrected chi connectivity index (χ1v) is 13.3. The molecule has 0 spiro atoms. The summed E-state index contributed by atoms with van der Waals surface area (Å²) in [4.78, 5) is 30.3. The number of unbranched alkanes of at least 4 members (excludes halogenated alkanes) is 1. The number of rotatable bonds is 12. The minimum atomic E-state index is -3.50. The van der Waals surface area contributed by atoms with Crippen molar-refractivity contribution < 1.29 is 32.5 Å². The van der Waals surface area contributed by atoms with Crippen LogP contribution >= 0.6 is 7.82 Å². The summed E-state index contributed by atoms with van der Waals surface area (Å²) in [5.41, 5.74) is 0. The van der Waals surface area contributed by atoms with Crippen molar-refractivity contribution in [2.75, 3.05) is 59.6 Å². The number of amides is 2. The molecule has 3 fully saturated rings. The van der Waals surface area contributed by atoms with E-state index in [0.29, 0.717) is 32.5 Å². The smallest absolute Gasteiger partial charge is 0.373 e. The number of carbonyl (C=O) groups excluding carboxylic acids is 2. The van der Waals surface area contributed by atoms with Crippen molar-refractivity contribution >= 4 is 19.6 Å². The van der Waals surface area contributed by atoms with Gasteiger partial charge in [0, 0.05) is 32.7 Å². The molecule has 0 radical (unpaired) electrons. The van der Waals surface area contributed by atoms with Crippen molar-refractivity contribution in [3.63, 3.8) is 0 Å². The molecule has 3 aliphatic rings. The third-order valence-electron chi connectivity index (χ3n) is 6.37. The number of fused-ring (bicyclic) bond motifs is 2. The molecule has 0 aromatic heterocycles. The largest absolute Gasteiger partial charge is 0.474 e. The third-order valence-corrected chi connectivity index (χ3v) is 8.02. The highest BCUT2D eigenvalue weighted by atomic mass is 31.2. The molecule has 32 heavy (non-hydrogen) atoms. The monoisotopic (exact) mass is 475 g/mol. The van der Waals surface area contributed by atoms with Gasteiger partial charge in [0.15, 0.2) is 0 Å². The first-order valence-electron chi connectivity index (χ1n) is 11.8. The van der Waals surface area contributed by atoms with Gasteiger partial charge >= 0.3 is 7.82 Å². The van der Waals surface area contributed by atoms with E-state index in [1.165, 1.54) is 0 Å². The topological polar surface area (TPSA) is 107 Å². The van der Waals surface area contributed by atoms with Crippen LogP contribution in [0.2, 0.25) is 0 Å². The number of carbonyl (C=O) groups is 2. The van der Waals surface area contributed by atoms with E-state index in [0.717, 1.165) is 25.9 Å². The Hall–Kier alpha value is -1.03. The number of hydrogen-bond donors (Lipinski definition) is 1. The number of nitrogens with one attached hydrogen (secondary N) is 1. The van der Waals surface area contributed by atoms with Crippen LogP contribution in [0.5, 0.6) is 0 Å². The van der Waals surface area contributed by atoms with Crippen LogP contribution in [0.4, 0.5) is 0 Å². The van der Waals surface area contributed by atoms with E-state index in [1.54, 1.807) is 13.8 Å². The number of likely N-dealkylation sites (N-methyl/N-ethyl adjacent to an activating group) is 1. The Kier molecular flexibility index (Phi) is 9.52. The SMILES string of the molecule is CCOP(=O)(OCC)OCCCCNC(=O)C1C2CCC(O2)C1C(=O)N1CCN(C)CC1. The molecule has 11 heteroatoms. The molecule has 3 heterocycles. The van der Waals surface area contributed by atoms with Crippen molar-refractivity contribution in [2.45, 2.75) is 51.7 Å². The maximum absolute atomic E-state index is 13.2. The maximum atomic E-state index is 13.2. The maximum Gasteiger partial charge on any atom is 0.474 e. The zero-order chi connectivity index (χ0) is 23.1. The highest BCUT2D eigenvalue weighted by molar-refractivity contribution is 7.48. The van der Waals surface area contributed by atoms with Crippen LogP contribution in [0.15, 0.2) is 0 Å². The van der Waals surface area contributed by atoms with E-state index < -0.39 is 13.7 Å². The van der Waals surface area contributed by atoms with Crippen LogP contribution in [0.1, 0.15) is 39.5 Å². The van der Waals surface area contributed by atoms with Gasteiger partial charge in [0.25, 0.3) is 0 Å². The predicted molar refractivity (Wildman–Crippen MR) is 118 cm³/mol. The minimum absolute atomic E-state index is 0.0569. The molecule has 4 unspecified atom stereocenters. The lowest BCUT2D eigenvalue weighted by Crippen LogP contribution is -2.53. The van der Waals surface area contributed by atoms with Crippen LogP contribution in [0.25, 0.3) is 0 Å². The van der Waals surface area contributed by atoms with E-state index in [-0.39, 0.29) is 49.8 Å². The van der Waals surface area contributed by atoms with Gasteiger partial charge in [-0.25, -0.2) is 4.57 Å². The quantitative estimate of drug-likeness (QED) is 0.336. The second-order valence-corrected chi connectivity index (χ2v) is 10.3. The summed E-state index contributed by atoms with van der Waals surface area (Å²) in [6.07, 6.45) is 2.60. The lowest BCUT2D eigenvalue weighted by Gasteiger charge is -2.36. The summed E-state index contributed by atoms with van der Waals surface area (Å²) in [7, 11) is -1.45. The summed E-state index contributed by atoms with van der Waals surface area (Å²) < 4.78 is 33.7.